The number of anilines is 1. The highest BCUT2D eigenvalue weighted by Crippen LogP contribution is 2.14. The van der Waals surface area contributed by atoms with Crippen molar-refractivity contribution in [2.75, 3.05) is 12.4 Å². The molecule has 0 saturated carbocycles. The number of hydrogen-bond acceptors (Lipinski definition) is 3. The summed E-state index contributed by atoms with van der Waals surface area (Å²) in [6.07, 6.45) is 1.31. The van der Waals surface area contributed by atoms with Crippen LogP contribution in [0.2, 0.25) is 0 Å². The fraction of sp³-hybridized carbons (Fsp3) is 0.467. The largest absolute Gasteiger partial charge is 0.481 e. The van der Waals surface area contributed by atoms with Gasteiger partial charge in [0.2, 0.25) is 0 Å². The van der Waals surface area contributed by atoms with Gasteiger partial charge in [-0.05, 0) is 38.4 Å². The van der Waals surface area contributed by atoms with E-state index in [1.165, 1.54) is 0 Å². The first-order valence-corrected chi connectivity index (χ1v) is 7.04. The lowest BCUT2D eigenvalue weighted by molar-refractivity contribution is -0.137. The van der Waals surface area contributed by atoms with Crippen LogP contribution >= 0.6 is 0 Å². The molecule has 21 heavy (non-hydrogen) atoms. The predicted molar refractivity (Wildman–Crippen MR) is 82.3 cm³/mol. The Balaban J connectivity index is 2.44. The molecule has 0 aliphatic rings. The van der Waals surface area contributed by atoms with E-state index < -0.39 is 5.97 Å². The summed E-state index contributed by atoms with van der Waals surface area (Å²) in [7, 11) is 1.85. The SMILES string of the molecule is CNCc1ccccc1NC(=O)NC(C)CCCC(=O)O. The third kappa shape index (κ3) is 6.76. The summed E-state index contributed by atoms with van der Waals surface area (Å²) in [5.41, 5.74) is 1.77. The number of amides is 2. The average Bonchev–Trinajstić information content (AvgIpc) is 2.40. The van der Waals surface area contributed by atoms with E-state index in [0.717, 1.165) is 11.3 Å². The standard InChI is InChI=1S/C15H23N3O3/c1-11(6-5-9-14(19)20)17-15(21)18-13-8-4-3-7-12(13)10-16-2/h3-4,7-8,11,16H,5-6,9-10H2,1-2H3,(H,19,20)(H2,17,18,21). The lowest BCUT2D eigenvalue weighted by atomic mass is 10.1. The zero-order chi connectivity index (χ0) is 15.7. The lowest BCUT2D eigenvalue weighted by Gasteiger charge is -2.16. The maximum atomic E-state index is 11.9. The number of nitrogens with one attached hydrogen (secondary N) is 3. The van der Waals surface area contributed by atoms with Crippen molar-refractivity contribution in [3.05, 3.63) is 29.8 Å². The Labute approximate surface area is 124 Å². The molecule has 2 amide bonds. The van der Waals surface area contributed by atoms with Gasteiger partial charge < -0.3 is 21.1 Å². The number of aliphatic carboxylic acids is 1. The second kappa shape index (κ2) is 8.97. The summed E-state index contributed by atoms with van der Waals surface area (Å²) >= 11 is 0. The molecule has 0 bridgehead atoms. The molecule has 1 unspecified atom stereocenters. The summed E-state index contributed by atoms with van der Waals surface area (Å²) in [5.74, 6) is -0.812. The average molecular weight is 293 g/mol. The molecule has 1 aromatic carbocycles. The van der Waals surface area contributed by atoms with Crippen molar-refractivity contribution in [3.8, 4) is 0 Å². The van der Waals surface area contributed by atoms with Gasteiger partial charge in [-0.3, -0.25) is 4.79 Å². The van der Waals surface area contributed by atoms with Crippen LogP contribution in [0.4, 0.5) is 10.5 Å². The smallest absolute Gasteiger partial charge is 0.319 e. The molecule has 0 aliphatic heterocycles. The van der Waals surface area contributed by atoms with Crippen LogP contribution in [0, 0.1) is 0 Å². The fourth-order valence-electron chi connectivity index (χ4n) is 2.00. The molecule has 6 heteroatoms. The molecule has 1 aromatic rings. The van der Waals surface area contributed by atoms with E-state index in [1.807, 2.05) is 38.2 Å². The van der Waals surface area contributed by atoms with E-state index in [1.54, 1.807) is 0 Å². The summed E-state index contributed by atoms with van der Waals surface area (Å²) in [5, 5.41) is 17.3. The van der Waals surface area contributed by atoms with Crippen molar-refractivity contribution in [2.24, 2.45) is 0 Å². The van der Waals surface area contributed by atoms with Crippen LogP contribution in [0.3, 0.4) is 0 Å². The molecule has 0 aliphatic carbocycles. The Bertz CT molecular complexity index is 477. The normalized spacial score (nSPS) is 11.7. The van der Waals surface area contributed by atoms with E-state index >= 15 is 0 Å². The maximum absolute atomic E-state index is 11.9. The highest BCUT2D eigenvalue weighted by Gasteiger charge is 2.10. The van der Waals surface area contributed by atoms with Gasteiger partial charge in [0.25, 0.3) is 0 Å². The first kappa shape index (κ1) is 17.0. The van der Waals surface area contributed by atoms with Gasteiger partial charge >= 0.3 is 12.0 Å². The molecule has 0 saturated heterocycles. The van der Waals surface area contributed by atoms with E-state index in [-0.39, 0.29) is 18.5 Å². The van der Waals surface area contributed by atoms with Crippen molar-refractivity contribution < 1.29 is 14.7 Å². The van der Waals surface area contributed by atoms with Crippen molar-refractivity contribution in [1.29, 1.82) is 0 Å². The Morgan fingerprint density at radius 3 is 2.67 bits per heavy atom. The molecular formula is C15H23N3O3. The molecule has 1 atom stereocenters. The lowest BCUT2D eigenvalue weighted by Crippen LogP contribution is -2.36. The minimum Gasteiger partial charge on any atom is -0.481 e. The highest BCUT2D eigenvalue weighted by molar-refractivity contribution is 5.90. The monoisotopic (exact) mass is 293 g/mol. The number of carbonyl (C=O) groups is 2. The van der Waals surface area contributed by atoms with Gasteiger partial charge in [-0.1, -0.05) is 18.2 Å². The second-order valence-electron chi connectivity index (χ2n) is 4.97. The molecule has 0 spiro atoms. The molecule has 0 heterocycles. The Morgan fingerprint density at radius 1 is 1.29 bits per heavy atom. The van der Waals surface area contributed by atoms with Crippen molar-refractivity contribution in [1.82, 2.24) is 10.6 Å². The number of para-hydroxylation sites is 1. The maximum Gasteiger partial charge on any atom is 0.319 e. The summed E-state index contributed by atoms with van der Waals surface area (Å²) in [4.78, 5) is 22.4. The number of carboxylic acids is 1. The molecule has 0 fully saturated rings. The third-order valence-electron chi connectivity index (χ3n) is 3.04. The Hall–Kier alpha value is -2.08. The van der Waals surface area contributed by atoms with Crippen molar-refractivity contribution in [3.63, 3.8) is 0 Å². The molecule has 116 valence electrons. The van der Waals surface area contributed by atoms with Gasteiger partial charge in [-0.15, -0.1) is 0 Å². The van der Waals surface area contributed by atoms with Crippen LogP contribution in [0.1, 0.15) is 31.7 Å². The van der Waals surface area contributed by atoms with E-state index in [0.29, 0.717) is 19.4 Å². The van der Waals surface area contributed by atoms with Gasteiger partial charge in [0.15, 0.2) is 0 Å². The van der Waals surface area contributed by atoms with Gasteiger partial charge in [-0.2, -0.15) is 0 Å². The molecule has 0 radical (unpaired) electrons. The molecule has 4 N–H and O–H groups in total. The molecule has 6 nitrogen and oxygen atoms in total. The summed E-state index contributed by atoms with van der Waals surface area (Å²) in [6, 6.07) is 7.24. The number of rotatable bonds is 8. The van der Waals surface area contributed by atoms with Crippen molar-refractivity contribution in [2.45, 2.75) is 38.8 Å². The highest BCUT2D eigenvalue weighted by atomic mass is 16.4. The second-order valence-corrected chi connectivity index (χ2v) is 4.97. The number of urea groups is 1. The Morgan fingerprint density at radius 2 is 2.00 bits per heavy atom. The van der Waals surface area contributed by atoms with Crippen LogP contribution < -0.4 is 16.0 Å². The third-order valence-corrected chi connectivity index (χ3v) is 3.04. The number of carbonyl (C=O) groups excluding carboxylic acids is 1. The van der Waals surface area contributed by atoms with Gasteiger partial charge in [0.05, 0.1) is 0 Å². The molecular weight excluding hydrogens is 270 g/mol. The summed E-state index contributed by atoms with van der Waals surface area (Å²) < 4.78 is 0. The van der Waals surface area contributed by atoms with E-state index in [4.69, 9.17) is 5.11 Å². The predicted octanol–water partition coefficient (Wildman–Crippen LogP) is 2.17. The zero-order valence-corrected chi connectivity index (χ0v) is 12.5. The number of hydrogen-bond donors (Lipinski definition) is 4. The van der Waals surface area contributed by atoms with Crippen LogP contribution in [0.15, 0.2) is 24.3 Å². The van der Waals surface area contributed by atoms with Gasteiger partial charge in [0, 0.05) is 24.7 Å². The summed E-state index contributed by atoms with van der Waals surface area (Å²) in [6.45, 7) is 2.53. The van der Waals surface area contributed by atoms with Gasteiger partial charge in [0.1, 0.15) is 0 Å². The topological polar surface area (TPSA) is 90.5 Å². The quantitative estimate of drug-likeness (QED) is 0.591. The number of carboxylic acid groups (broad SMARTS) is 1. The van der Waals surface area contributed by atoms with Crippen LogP contribution in [0.5, 0.6) is 0 Å². The first-order valence-electron chi connectivity index (χ1n) is 7.04. The Kier molecular flexibility index (Phi) is 7.25. The van der Waals surface area contributed by atoms with E-state index in [2.05, 4.69) is 16.0 Å². The van der Waals surface area contributed by atoms with Crippen LogP contribution in [0.25, 0.3) is 0 Å². The minimum atomic E-state index is -0.812. The van der Waals surface area contributed by atoms with Crippen molar-refractivity contribution >= 4 is 17.7 Å². The van der Waals surface area contributed by atoms with Crippen LogP contribution in [-0.4, -0.2) is 30.2 Å². The first-order chi connectivity index (χ1) is 10.0. The molecule has 0 aromatic heterocycles. The van der Waals surface area contributed by atoms with Crippen LogP contribution in [-0.2, 0) is 11.3 Å². The van der Waals surface area contributed by atoms with E-state index in [9.17, 15) is 9.59 Å². The minimum absolute atomic E-state index is 0.0687. The zero-order valence-electron chi connectivity index (χ0n) is 12.5. The number of benzene rings is 1. The fourth-order valence-corrected chi connectivity index (χ4v) is 2.00. The van der Waals surface area contributed by atoms with Gasteiger partial charge in [-0.25, -0.2) is 4.79 Å². The molecule has 1 rings (SSSR count).